The second kappa shape index (κ2) is 35.4. The lowest BCUT2D eigenvalue weighted by Gasteiger charge is -2.45. The highest BCUT2D eigenvalue weighted by Crippen LogP contribution is 2.44. The van der Waals surface area contributed by atoms with E-state index < -0.39 is 173 Å². The first kappa shape index (κ1) is 82.3. The summed E-state index contributed by atoms with van der Waals surface area (Å²) in [6, 6.07) is -11.6. The van der Waals surface area contributed by atoms with Gasteiger partial charge in [-0.2, -0.15) is 13.2 Å². The Morgan fingerprint density at radius 2 is 1.24 bits per heavy atom. The van der Waals surface area contributed by atoms with Crippen LogP contribution >= 0.6 is 11.6 Å². The van der Waals surface area contributed by atoms with Crippen molar-refractivity contribution in [1.82, 2.24) is 60.0 Å². The number of carbonyl (C=O) groups excluding carboxylic acids is 12. The molecule has 5 heterocycles. The number of nitrogens with zero attached hydrogens (tertiary/aromatic N) is 9. The van der Waals surface area contributed by atoms with Gasteiger partial charge in [-0.15, -0.1) is 11.6 Å². The van der Waals surface area contributed by atoms with Crippen LogP contribution < -0.4 is 16.0 Å². The Morgan fingerprint density at radius 3 is 1.83 bits per heavy atom. The molecular weight excluding hydrogens is 1360 g/mol. The maximum atomic E-state index is 15.7. The number of morpholine rings is 1. The van der Waals surface area contributed by atoms with Crippen LogP contribution in [0.4, 0.5) is 13.2 Å². The SMILES string of the molecule is CC[C@H](C)[C@@H]1NC(=O)[C@H](CC(C)C)N(C)C(=O)C[C@@H](C(=O)N2C3CCC2COC3)N(C)C(=O)[C@H]([C@@H](C)CC)N(C)C(=O)C2(CCCC2)NC(=O)[C@@H]2CCCN2C(=O)[C@H](CCC2CCC(C(F)(F)F)C(Cl)C2)NC(=O)CN(C)C(=O)[C@H](CC2CCCCC2)N(C)C(=O)[C@@H]2CCN2C(=O)[C@H](C)N(C)C1=O. The highest BCUT2D eigenvalue weighted by molar-refractivity contribution is 6.21. The van der Waals surface area contributed by atoms with Gasteiger partial charge >= 0.3 is 6.18 Å². The number of likely N-dealkylation sites (N-methyl/N-ethyl adjacent to an activating group) is 6. The van der Waals surface area contributed by atoms with E-state index in [1.165, 1.54) is 88.4 Å². The van der Waals surface area contributed by atoms with Crippen molar-refractivity contribution in [3.63, 3.8) is 0 Å². The number of alkyl halides is 4. The molecule has 0 radical (unpaired) electrons. The Morgan fingerprint density at radius 1 is 0.612 bits per heavy atom. The lowest BCUT2D eigenvalue weighted by molar-refractivity contribution is -0.182. The number of hydrogen-bond donors (Lipinski definition) is 3. The van der Waals surface area contributed by atoms with E-state index in [1.54, 1.807) is 18.7 Å². The summed E-state index contributed by atoms with van der Waals surface area (Å²) < 4.78 is 48.0. The first-order chi connectivity index (χ1) is 48.6. The largest absolute Gasteiger partial charge is 0.393 e. The molecule has 25 nitrogen and oxygen atoms in total. The fourth-order valence-electron chi connectivity index (χ4n) is 17.4. The average Bonchev–Trinajstić information content (AvgIpc) is 1.76. The molecule has 580 valence electrons. The van der Waals surface area contributed by atoms with Gasteiger partial charge in [-0.1, -0.05) is 99.3 Å². The molecule has 0 aromatic rings. The van der Waals surface area contributed by atoms with E-state index in [0.29, 0.717) is 44.9 Å². The zero-order valence-electron chi connectivity index (χ0n) is 63.2. The van der Waals surface area contributed by atoms with Gasteiger partial charge < -0.3 is 64.8 Å². The van der Waals surface area contributed by atoms with Crippen LogP contribution in [-0.2, 0) is 62.3 Å². The Bertz CT molecular complexity index is 3070. The molecule has 103 heavy (non-hydrogen) atoms. The van der Waals surface area contributed by atoms with Gasteiger partial charge in [0, 0.05) is 60.8 Å². The van der Waals surface area contributed by atoms with Crippen LogP contribution in [0, 0.1) is 35.5 Å². The number of nitrogens with one attached hydrogen (secondary N) is 3. The summed E-state index contributed by atoms with van der Waals surface area (Å²) in [7, 11) is 8.71. The first-order valence-electron chi connectivity index (χ1n) is 38.3. The Labute approximate surface area is 612 Å². The van der Waals surface area contributed by atoms with Crippen LogP contribution in [-0.4, -0.2) is 274 Å². The second-order valence-electron chi connectivity index (χ2n) is 32.0. The van der Waals surface area contributed by atoms with E-state index in [-0.39, 0.29) is 127 Å². The van der Waals surface area contributed by atoms with Gasteiger partial charge in [0.1, 0.15) is 59.9 Å². The molecule has 8 aliphatic rings. The number of ether oxygens (including phenoxy) is 1. The summed E-state index contributed by atoms with van der Waals surface area (Å²) in [5.74, 6) is -10.7. The normalized spacial score (nSPS) is 32.6. The molecule has 3 aliphatic carbocycles. The summed E-state index contributed by atoms with van der Waals surface area (Å²) in [4.78, 5) is 194. The van der Waals surface area contributed by atoms with Crippen molar-refractivity contribution >= 4 is 82.5 Å². The summed E-state index contributed by atoms with van der Waals surface area (Å²) in [5.41, 5.74) is -1.58. The van der Waals surface area contributed by atoms with Gasteiger partial charge in [-0.05, 0) is 126 Å². The van der Waals surface area contributed by atoms with E-state index in [0.717, 1.165) is 32.1 Å². The van der Waals surface area contributed by atoms with E-state index in [2.05, 4.69) is 16.0 Å². The van der Waals surface area contributed by atoms with Gasteiger partial charge in [-0.25, -0.2) is 0 Å². The van der Waals surface area contributed by atoms with Crippen LogP contribution in [0.3, 0.4) is 0 Å². The van der Waals surface area contributed by atoms with Crippen molar-refractivity contribution in [2.75, 3.05) is 75.1 Å². The molecule has 0 aromatic heterocycles. The average molecular weight is 1480 g/mol. The van der Waals surface area contributed by atoms with E-state index in [9.17, 15) is 32.3 Å². The topological polar surface area (TPSA) is 279 Å². The molecule has 0 aromatic carbocycles. The number of rotatable bonds is 12. The Balaban J connectivity index is 1.17. The zero-order valence-corrected chi connectivity index (χ0v) is 64.0. The number of carbonyl (C=O) groups is 12. The van der Waals surface area contributed by atoms with Crippen LogP contribution in [0.5, 0.6) is 0 Å². The molecule has 8 rings (SSSR count). The minimum absolute atomic E-state index is 0.00203. The highest BCUT2D eigenvalue weighted by atomic mass is 35.5. The quantitative estimate of drug-likeness (QED) is 0.193. The number of hydrogen-bond acceptors (Lipinski definition) is 13. The molecule has 1 spiro atoms. The van der Waals surface area contributed by atoms with Crippen molar-refractivity contribution in [2.45, 2.75) is 286 Å². The fraction of sp³-hybridized carbons (Fsp3) is 0.838. The molecule has 5 aliphatic heterocycles. The molecule has 2 bridgehead atoms. The lowest BCUT2D eigenvalue weighted by atomic mass is 9.78. The Hall–Kier alpha value is -6.32. The molecule has 16 atom stereocenters. The van der Waals surface area contributed by atoms with Gasteiger partial charge in [0.15, 0.2) is 0 Å². The van der Waals surface area contributed by atoms with Crippen LogP contribution in [0.25, 0.3) is 0 Å². The highest BCUT2D eigenvalue weighted by Gasteiger charge is 2.54. The lowest BCUT2D eigenvalue weighted by Crippen LogP contribution is -2.65. The third-order valence-electron chi connectivity index (χ3n) is 24.6. The first-order valence-corrected chi connectivity index (χ1v) is 38.7. The summed E-state index contributed by atoms with van der Waals surface area (Å²) in [5, 5.41) is 7.65. The summed E-state index contributed by atoms with van der Waals surface area (Å²) in [6.07, 6.45) is 3.84. The summed E-state index contributed by atoms with van der Waals surface area (Å²) in [6.45, 7) is 12.7. The van der Waals surface area contributed by atoms with Gasteiger partial charge in [0.25, 0.3) is 0 Å². The van der Waals surface area contributed by atoms with Crippen molar-refractivity contribution in [2.24, 2.45) is 35.5 Å². The van der Waals surface area contributed by atoms with Crippen LogP contribution in [0.15, 0.2) is 0 Å². The number of fused-ring (bicyclic) bond motifs is 4. The predicted octanol–water partition coefficient (Wildman–Crippen LogP) is 5.86. The molecule has 3 saturated carbocycles. The minimum Gasteiger partial charge on any atom is -0.377 e. The molecule has 5 saturated heterocycles. The van der Waals surface area contributed by atoms with Crippen LogP contribution in [0.2, 0.25) is 0 Å². The minimum atomic E-state index is -4.51. The van der Waals surface area contributed by atoms with Crippen LogP contribution in [0.1, 0.15) is 203 Å². The second-order valence-corrected chi connectivity index (χ2v) is 32.5. The molecule has 29 heteroatoms. The Kier molecular flexibility index (Phi) is 28.3. The van der Waals surface area contributed by atoms with Gasteiger partial charge in [-0.3, -0.25) is 57.5 Å². The predicted molar refractivity (Wildman–Crippen MR) is 379 cm³/mol. The van der Waals surface area contributed by atoms with Crippen molar-refractivity contribution in [3.05, 3.63) is 0 Å². The third-order valence-corrected chi connectivity index (χ3v) is 25.1. The molecular formula is C74H118ClF3N12O13. The molecule has 12 amide bonds. The van der Waals surface area contributed by atoms with E-state index in [1.807, 2.05) is 27.7 Å². The monoisotopic (exact) mass is 1470 g/mol. The maximum absolute atomic E-state index is 15.7. The summed E-state index contributed by atoms with van der Waals surface area (Å²) >= 11 is 6.42. The maximum Gasteiger partial charge on any atom is 0.393 e. The molecule has 5 unspecified atom stereocenters. The van der Waals surface area contributed by atoms with Gasteiger partial charge in [0.05, 0.1) is 44.2 Å². The van der Waals surface area contributed by atoms with E-state index >= 15 is 38.4 Å². The van der Waals surface area contributed by atoms with Crippen molar-refractivity contribution < 1.29 is 75.4 Å². The van der Waals surface area contributed by atoms with Crippen molar-refractivity contribution in [1.29, 1.82) is 0 Å². The molecule has 8 fully saturated rings. The standard InChI is InChI=1S/C74H118ClF3N12O13/c1-14-44(5)61-70(100)83(9)46(7)65(95)89-35-31-55(89)68(98)85(11)57(38-47-22-17-16-18-23-47)67(97)82(8)40-59(91)79-53(30-26-48-25-29-51(52(75)37-48)74(76,77)78)66(96)88-34-21-24-54(88)64(94)81-73(32-19-20-33-73)72(102)87(13)62(45(6)15-2)71(101)86(12)58(69(99)90-49-27-28-50(90)42-103-41-49)39-60(92)84(10)56(36-43(3)4)63(93)80-61/h43-58,61-62H,14-42H2,1-13H3,(H,79,91)(H,80,93)(H,81,94)/t44-,45-,46-,48?,49?,50?,51?,52?,53-,54-,55-,56-,57-,58-,61-,62-/m0/s1. The zero-order chi connectivity index (χ0) is 75.9. The smallest absolute Gasteiger partial charge is 0.377 e. The fourth-order valence-corrected chi connectivity index (χ4v) is 18.0. The third kappa shape index (κ3) is 18.7. The van der Waals surface area contributed by atoms with Gasteiger partial charge in [0.2, 0.25) is 70.9 Å². The van der Waals surface area contributed by atoms with E-state index in [4.69, 9.17) is 16.3 Å². The number of halogens is 4. The molecule has 3 N–H and O–H groups in total. The van der Waals surface area contributed by atoms with Crippen molar-refractivity contribution in [3.8, 4) is 0 Å². The number of amides is 12.